The highest BCUT2D eigenvalue weighted by atomic mass is 16.3. The van der Waals surface area contributed by atoms with Crippen LogP contribution in [0.5, 0.6) is 23.0 Å². The third-order valence-electron chi connectivity index (χ3n) is 2.48. The highest BCUT2D eigenvalue weighted by Gasteiger charge is 2.18. The normalized spacial score (nSPS) is 10.2. The zero-order chi connectivity index (χ0) is 13.3. The monoisotopic (exact) mass is 246 g/mol. The molecule has 0 bridgehead atoms. The maximum absolute atomic E-state index is 12.0. The van der Waals surface area contributed by atoms with E-state index in [2.05, 4.69) is 0 Å². The molecule has 18 heavy (non-hydrogen) atoms. The van der Waals surface area contributed by atoms with E-state index in [0.29, 0.717) is 0 Å². The van der Waals surface area contributed by atoms with Gasteiger partial charge in [-0.05, 0) is 24.3 Å². The van der Waals surface area contributed by atoms with Crippen molar-refractivity contribution in [1.29, 1.82) is 0 Å². The number of rotatable bonds is 2. The second-order valence-corrected chi connectivity index (χ2v) is 3.71. The summed E-state index contributed by atoms with van der Waals surface area (Å²) in [5.41, 5.74) is 0.00582. The first kappa shape index (κ1) is 11.8. The van der Waals surface area contributed by atoms with Crippen molar-refractivity contribution in [2.45, 2.75) is 0 Å². The van der Waals surface area contributed by atoms with Crippen LogP contribution in [0.1, 0.15) is 15.9 Å². The second kappa shape index (κ2) is 4.29. The number of carbonyl (C=O) groups excluding carboxylic acids is 1. The maximum Gasteiger partial charge on any atom is 0.201 e. The van der Waals surface area contributed by atoms with E-state index >= 15 is 0 Å². The molecule has 92 valence electrons. The zero-order valence-electron chi connectivity index (χ0n) is 9.16. The van der Waals surface area contributed by atoms with E-state index in [-0.39, 0.29) is 16.9 Å². The smallest absolute Gasteiger partial charge is 0.201 e. The lowest BCUT2D eigenvalue weighted by Crippen LogP contribution is -2.01. The predicted octanol–water partition coefficient (Wildman–Crippen LogP) is 1.74. The molecule has 0 fully saturated rings. The van der Waals surface area contributed by atoms with Gasteiger partial charge in [0, 0.05) is 5.56 Å². The standard InChI is InChI=1S/C13H10O5/c14-8-3-1-2-7(6-8)11(16)9-4-5-10(15)13(18)12(9)17/h1-6,14-15,17-18H. The number of ketones is 1. The molecule has 0 aliphatic carbocycles. The van der Waals surface area contributed by atoms with Crippen molar-refractivity contribution >= 4 is 5.78 Å². The molecule has 0 atom stereocenters. The number of aromatic hydroxyl groups is 4. The summed E-state index contributed by atoms with van der Waals surface area (Å²) < 4.78 is 0. The third kappa shape index (κ3) is 1.93. The van der Waals surface area contributed by atoms with Crippen LogP contribution in [0.4, 0.5) is 0 Å². The van der Waals surface area contributed by atoms with Crippen molar-refractivity contribution in [2.24, 2.45) is 0 Å². The molecule has 0 unspecified atom stereocenters. The molecule has 4 N–H and O–H groups in total. The van der Waals surface area contributed by atoms with E-state index in [1.54, 1.807) is 0 Å². The zero-order valence-corrected chi connectivity index (χ0v) is 9.16. The fourth-order valence-corrected chi connectivity index (χ4v) is 1.55. The number of hydrogen-bond acceptors (Lipinski definition) is 5. The van der Waals surface area contributed by atoms with E-state index in [9.17, 15) is 20.1 Å². The SMILES string of the molecule is O=C(c1cccc(O)c1)c1ccc(O)c(O)c1O. The first-order valence-corrected chi connectivity index (χ1v) is 5.08. The fourth-order valence-electron chi connectivity index (χ4n) is 1.55. The molecule has 0 saturated carbocycles. The summed E-state index contributed by atoms with van der Waals surface area (Å²) in [7, 11) is 0. The highest BCUT2D eigenvalue weighted by Crippen LogP contribution is 2.37. The summed E-state index contributed by atoms with van der Waals surface area (Å²) in [6.45, 7) is 0. The molecule has 0 saturated heterocycles. The summed E-state index contributed by atoms with van der Waals surface area (Å²) in [5, 5.41) is 37.4. The molecule has 2 rings (SSSR count). The summed E-state index contributed by atoms with van der Waals surface area (Å²) in [6.07, 6.45) is 0. The number of phenolic OH excluding ortho intramolecular Hbond substituents is 4. The Kier molecular flexibility index (Phi) is 2.81. The summed E-state index contributed by atoms with van der Waals surface area (Å²) >= 11 is 0. The maximum atomic E-state index is 12.0. The first-order valence-electron chi connectivity index (χ1n) is 5.08. The molecular weight excluding hydrogens is 236 g/mol. The molecule has 2 aromatic rings. The van der Waals surface area contributed by atoms with Gasteiger partial charge in [0.15, 0.2) is 17.3 Å². The van der Waals surface area contributed by atoms with Crippen molar-refractivity contribution in [2.75, 3.05) is 0 Å². The minimum Gasteiger partial charge on any atom is -0.508 e. The van der Waals surface area contributed by atoms with Gasteiger partial charge in [-0.25, -0.2) is 0 Å². The van der Waals surface area contributed by atoms with Gasteiger partial charge in [0.2, 0.25) is 5.75 Å². The minimum absolute atomic E-state index is 0.0802. The molecule has 0 amide bonds. The Labute approximate surface area is 102 Å². The van der Waals surface area contributed by atoms with Gasteiger partial charge in [-0.15, -0.1) is 0 Å². The van der Waals surface area contributed by atoms with Crippen LogP contribution in [0.2, 0.25) is 0 Å². The van der Waals surface area contributed by atoms with Gasteiger partial charge < -0.3 is 20.4 Å². The topological polar surface area (TPSA) is 98.0 Å². The molecule has 0 aliphatic heterocycles. The Balaban J connectivity index is 2.50. The van der Waals surface area contributed by atoms with Crippen LogP contribution >= 0.6 is 0 Å². The average molecular weight is 246 g/mol. The van der Waals surface area contributed by atoms with Gasteiger partial charge in [0.25, 0.3) is 0 Å². The van der Waals surface area contributed by atoms with E-state index in [1.165, 1.54) is 30.3 Å². The lowest BCUT2D eigenvalue weighted by Gasteiger charge is -2.07. The van der Waals surface area contributed by atoms with Gasteiger partial charge >= 0.3 is 0 Å². The Morgan fingerprint density at radius 2 is 1.61 bits per heavy atom. The number of benzene rings is 2. The van der Waals surface area contributed by atoms with Crippen LogP contribution in [-0.4, -0.2) is 26.2 Å². The molecule has 2 aromatic carbocycles. The largest absolute Gasteiger partial charge is 0.508 e. The van der Waals surface area contributed by atoms with Crippen LogP contribution < -0.4 is 0 Å². The Bertz CT molecular complexity index is 619. The molecule has 5 nitrogen and oxygen atoms in total. The van der Waals surface area contributed by atoms with E-state index < -0.39 is 23.0 Å². The summed E-state index contributed by atoms with van der Waals surface area (Å²) in [6, 6.07) is 7.89. The van der Waals surface area contributed by atoms with E-state index in [0.717, 1.165) is 6.07 Å². The highest BCUT2D eigenvalue weighted by molar-refractivity contribution is 6.11. The quantitative estimate of drug-likeness (QED) is 0.478. The van der Waals surface area contributed by atoms with E-state index in [4.69, 9.17) is 5.11 Å². The molecule has 5 heteroatoms. The summed E-state index contributed by atoms with van der Waals surface area (Å²) in [4.78, 5) is 12.0. The fraction of sp³-hybridized carbons (Fsp3) is 0. The Morgan fingerprint density at radius 1 is 0.889 bits per heavy atom. The van der Waals surface area contributed by atoms with Crippen molar-refractivity contribution in [1.82, 2.24) is 0 Å². The van der Waals surface area contributed by atoms with Crippen molar-refractivity contribution < 1.29 is 25.2 Å². The molecule has 0 radical (unpaired) electrons. The number of hydrogen-bond donors (Lipinski definition) is 4. The second-order valence-electron chi connectivity index (χ2n) is 3.71. The predicted molar refractivity (Wildman–Crippen MR) is 63.0 cm³/mol. The molecule has 0 heterocycles. The van der Waals surface area contributed by atoms with Crippen molar-refractivity contribution in [3.05, 3.63) is 47.5 Å². The van der Waals surface area contributed by atoms with E-state index in [1.807, 2.05) is 0 Å². The number of phenols is 4. The molecule has 0 aromatic heterocycles. The third-order valence-corrected chi connectivity index (χ3v) is 2.48. The molecular formula is C13H10O5. The lowest BCUT2D eigenvalue weighted by molar-refractivity contribution is 0.103. The average Bonchev–Trinajstić information content (AvgIpc) is 2.35. The van der Waals surface area contributed by atoms with Crippen LogP contribution in [-0.2, 0) is 0 Å². The van der Waals surface area contributed by atoms with Gasteiger partial charge in [0.1, 0.15) is 5.75 Å². The Hall–Kier alpha value is -2.69. The number of carbonyl (C=O) groups is 1. The molecule has 0 aliphatic rings. The van der Waals surface area contributed by atoms with Gasteiger partial charge in [0.05, 0.1) is 5.56 Å². The van der Waals surface area contributed by atoms with Crippen LogP contribution in [0.25, 0.3) is 0 Å². The van der Waals surface area contributed by atoms with Crippen molar-refractivity contribution in [3.63, 3.8) is 0 Å². The van der Waals surface area contributed by atoms with Gasteiger partial charge in [-0.3, -0.25) is 4.79 Å². The minimum atomic E-state index is -0.749. The first-order chi connectivity index (χ1) is 8.50. The van der Waals surface area contributed by atoms with Gasteiger partial charge in [-0.1, -0.05) is 12.1 Å². The van der Waals surface area contributed by atoms with Crippen molar-refractivity contribution in [3.8, 4) is 23.0 Å². The van der Waals surface area contributed by atoms with Crippen LogP contribution in [0, 0.1) is 0 Å². The van der Waals surface area contributed by atoms with Gasteiger partial charge in [-0.2, -0.15) is 0 Å². The van der Waals surface area contributed by atoms with Crippen LogP contribution in [0.3, 0.4) is 0 Å². The lowest BCUT2D eigenvalue weighted by atomic mass is 10.0. The van der Waals surface area contributed by atoms with Crippen LogP contribution in [0.15, 0.2) is 36.4 Å². The summed E-state index contributed by atoms with van der Waals surface area (Å²) in [5.74, 6) is -2.61. The Morgan fingerprint density at radius 3 is 2.28 bits per heavy atom. The molecule has 0 spiro atoms.